The lowest BCUT2D eigenvalue weighted by atomic mass is 10.00. The highest BCUT2D eigenvalue weighted by molar-refractivity contribution is 5.81. The molecule has 104 valence electrons. The molecule has 0 amide bonds. The minimum atomic E-state index is 0.265. The zero-order valence-corrected chi connectivity index (χ0v) is 12.1. The maximum absolute atomic E-state index is 12.1. The molecule has 2 nitrogen and oxygen atoms in total. The predicted molar refractivity (Wildman–Crippen MR) is 81.2 cm³/mol. The van der Waals surface area contributed by atoms with E-state index in [0.717, 1.165) is 17.7 Å². The van der Waals surface area contributed by atoms with Crippen LogP contribution in [0.3, 0.4) is 0 Å². The van der Waals surface area contributed by atoms with Crippen LogP contribution in [0.1, 0.15) is 23.1 Å². The second-order valence-electron chi connectivity index (χ2n) is 4.99. The van der Waals surface area contributed by atoms with Crippen molar-refractivity contribution in [2.24, 2.45) is 0 Å². The molecule has 0 bridgehead atoms. The average Bonchev–Trinajstić information content (AvgIpc) is 2.46. The summed E-state index contributed by atoms with van der Waals surface area (Å²) in [5, 5.41) is 0. The van der Waals surface area contributed by atoms with Crippen LogP contribution in [0.15, 0.2) is 48.5 Å². The van der Waals surface area contributed by atoms with Crippen LogP contribution in [0.25, 0.3) is 0 Å². The molecular weight excluding hydrogens is 248 g/mol. The lowest BCUT2D eigenvalue weighted by Crippen LogP contribution is -2.05. The molecule has 0 unspecified atom stereocenters. The summed E-state index contributed by atoms with van der Waals surface area (Å²) in [7, 11) is 1.64. The van der Waals surface area contributed by atoms with Crippen molar-refractivity contribution in [2.75, 3.05) is 7.11 Å². The van der Waals surface area contributed by atoms with Gasteiger partial charge < -0.3 is 4.74 Å². The third-order valence-corrected chi connectivity index (χ3v) is 3.47. The fraction of sp³-hybridized carbons (Fsp3) is 0.278. The number of aryl methyl sites for hydroxylation is 2. The first-order valence-electron chi connectivity index (χ1n) is 6.88. The molecule has 0 aliphatic carbocycles. The van der Waals surface area contributed by atoms with Crippen molar-refractivity contribution in [1.82, 2.24) is 0 Å². The van der Waals surface area contributed by atoms with E-state index in [2.05, 4.69) is 19.1 Å². The highest BCUT2D eigenvalue weighted by Gasteiger charge is 2.06. The highest BCUT2D eigenvalue weighted by atomic mass is 16.5. The van der Waals surface area contributed by atoms with Crippen molar-refractivity contribution < 1.29 is 9.53 Å². The number of hydrogen-bond donors (Lipinski definition) is 0. The predicted octanol–water partition coefficient (Wildman–Crippen LogP) is 3.75. The fourth-order valence-electron chi connectivity index (χ4n) is 2.26. The van der Waals surface area contributed by atoms with Gasteiger partial charge in [-0.2, -0.15) is 0 Å². The number of carbonyl (C=O) groups excluding carboxylic acids is 1. The van der Waals surface area contributed by atoms with E-state index in [0.29, 0.717) is 12.8 Å². The van der Waals surface area contributed by atoms with Crippen molar-refractivity contribution in [3.05, 3.63) is 65.2 Å². The fourth-order valence-corrected chi connectivity index (χ4v) is 2.26. The third kappa shape index (κ3) is 3.95. The van der Waals surface area contributed by atoms with Gasteiger partial charge in [-0.15, -0.1) is 0 Å². The Bertz CT molecular complexity index is 587. The molecule has 0 radical (unpaired) electrons. The highest BCUT2D eigenvalue weighted by Crippen LogP contribution is 2.15. The molecule has 0 atom stereocenters. The normalized spacial score (nSPS) is 10.3. The molecule has 0 fully saturated rings. The maximum atomic E-state index is 12.1. The van der Waals surface area contributed by atoms with E-state index in [-0.39, 0.29) is 5.78 Å². The lowest BCUT2D eigenvalue weighted by molar-refractivity contribution is -0.118. The molecule has 0 aromatic heterocycles. The molecule has 0 aliphatic rings. The van der Waals surface area contributed by atoms with Crippen LogP contribution < -0.4 is 4.74 Å². The molecule has 0 N–H and O–H groups in total. The summed E-state index contributed by atoms with van der Waals surface area (Å²) in [6.07, 6.45) is 1.88. The van der Waals surface area contributed by atoms with Gasteiger partial charge in [-0.3, -0.25) is 4.79 Å². The first kappa shape index (κ1) is 14.3. The Labute approximate surface area is 120 Å². The molecule has 0 spiro atoms. The van der Waals surface area contributed by atoms with Crippen LogP contribution in [0.5, 0.6) is 5.75 Å². The van der Waals surface area contributed by atoms with Gasteiger partial charge in [-0.1, -0.05) is 36.4 Å². The van der Waals surface area contributed by atoms with Gasteiger partial charge in [0.2, 0.25) is 0 Å². The standard InChI is InChI=1S/C18H20O2/c1-14-6-3-4-8-16(14)10-11-17(19)12-15-7-5-9-18(13-15)20-2/h3-9,13H,10-12H2,1-2H3. The summed E-state index contributed by atoms with van der Waals surface area (Å²) in [4.78, 5) is 12.1. The minimum Gasteiger partial charge on any atom is -0.497 e. The number of rotatable bonds is 6. The summed E-state index contributed by atoms with van der Waals surface area (Å²) in [5.41, 5.74) is 3.52. The van der Waals surface area contributed by atoms with Crippen LogP contribution in [-0.2, 0) is 17.6 Å². The maximum Gasteiger partial charge on any atom is 0.137 e. The van der Waals surface area contributed by atoms with Crippen molar-refractivity contribution in [3.63, 3.8) is 0 Å². The van der Waals surface area contributed by atoms with Crippen LogP contribution in [0.4, 0.5) is 0 Å². The van der Waals surface area contributed by atoms with Gasteiger partial charge in [0.1, 0.15) is 11.5 Å². The van der Waals surface area contributed by atoms with Crippen LogP contribution in [0.2, 0.25) is 0 Å². The molecule has 0 heterocycles. The largest absolute Gasteiger partial charge is 0.497 e. The SMILES string of the molecule is COc1cccc(CC(=O)CCc2ccccc2C)c1. The van der Waals surface area contributed by atoms with Gasteiger partial charge in [0.05, 0.1) is 7.11 Å². The van der Waals surface area contributed by atoms with Crippen molar-refractivity contribution in [3.8, 4) is 5.75 Å². The molecule has 0 saturated carbocycles. The Hall–Kier alpha value is -2.09. The Kier molecular flexibility index (Phi) is 4.94. The van der Waals surface area contributed by atoms with Gasteiger partial charge in [0.25, 0.3) is 0 Å². The first-order valence-corrected chi connectivity index (χ1v) is 6.88. The number of carbonyl (C=O) groups is 1. The second kappa shape index (κ2) is 6.90. The van der Waals surface area contributed by atoms with Gasteiger partial charge in [-0.05, 0) is 42.2 Å². The lowest BCUT2D eigenvalue weighted by Gasteiger charge is -2.06. The number of Topliss-reactive ketones (excluding diaryl/α,β-unsaturated/α-hetero) is 1. The van der Waals surface area contributed by atoms with E-state index < -0.39 is 0 Å². The van der Waals surface area contributed by atoms with E-state index in [4.69, 9.17) is 4.74 Å². The molecule has 20 heavy (non-hydrogen) atoms. The van der Waals surface area contributed by atoms with Crippen LogP contribution in [0, 0.1) is 6.92 Å². The smallest absolute Gasteiger partial charge is 0.137 e. The summed E-state index contributed by atoms with van der Waals surface area (Å²) in [6.45, 7) is 2.09. The summed E-state index contributed by atoms with van der Waals surface area (Å²) in [5.74, 6) is 1.07. The molecule has 2 aromatic rings. The summed E-state index contributed by atoms with van der Waals surface area (Å²) >= 11 is 0. The molecule has 2 aromatic carbocycles. The molecular formula is C18H20O2. The average molecular weight is 268 g/mol. The van der Waals surface area contributed by atoms with Gasteiger partial charge in [0, 0.05) is 12.8 Å². The van der Waals surface area contributed by atoms with E-state index in [9.17, 15) is 4.79 Å². The van der Waals surface area contributed by atoms with E-state index in [1.807, 2.05) is 36.4 Å². The van der Waals surface area contributed by atoms with Crippen molar-refractivity contribution >= 4 is 5.78 Å². The molecule has 0 saturated heterocycles. The zero-order valence-electron chi connectivity index (χ0n) is 12.1. The Balaban J connectivity index is 1.91. The van der Waals surface area contributed by atoms with E-state index in [1.165, 1.54) is 11.1 Å². The zero-order chi connectivity index (χ0) is 14.4. The van der Waals surface area contributed by atoms with Gasteiger partial charge in [-0.25, -0.2) is 0 Å². The number of benzene rings is 2. The number of ether oxygens (including phenoxy) is 1. The van der Waals surface area contributed by atoms with Crippen LogP contribution in [-0.4, -0.2) is 12.9 Å². The second-order valence-corrected chi connectivity index (χ2v) is 4.99. The monoisotopic (exact) mass is 268 g/mol. The number of methoxy groups -OCH3 is 1. The number of hydrogen-bond acceptors (Lipinski definition) is 2. The topological polar surface area (TPSA) is 26.3 Å². The molecule has 2 rings (SSSR count). The Morgan fingerprint density at radius 2 is 1.90 bits per heavy atom. The molecule has 2 heteroatoms. The summed E-state index contributed by atoms with van der Waals surface area (Å²) in [6, 6.07) is 15.9. The van der Waals surface area contributed by atoms with Gasteiger partial charge in [0.15, 0.2) is 0 Å². The minimum absolute atomic E-state index is 0.265. The number of ketones is 1. The van der Waals surface area contributed by atoms with E-state index >= 15 is 0 Å². The Morgan fingerprint density at radius 1 is 1.10 bits per heavy atom. The Morgan fingerprint density at radius 3 is 2.65 bits per heavy atom. The van der Waals surface area contributed by atoms with Gasteiger partial charge >= 0.3 is 0 Å². The van der Waals surface area contributed by atoms with Crippen molar-refractivity contribution in [1.29, 1.82) is 0 Å². The van der Waals surface area contributed by atoms with Crippen LogP contribution >= 0.6 is 0 Å². The molecule has 0 aliphatic heterocycles. The third-order valence-electron chi connectivity index (χ3n) is 3.47. The van der Waals surface area contributed by atoms with Crippen molar-refractivity contribution in [2.45, 2.75) is 26.2 Å². The quantitative estimate of drug-likeness (QED) is 0.797. The van der Waals surface area contributed by atoms with E-state index in [1.54, 1.807) is 7.11 Å². The first-order chi connectivity index (χ1) is 9.69. The summed E-state index contributed by atoms with van der Waals surface area (Å²) < 4.78 is 5.17.